The van der Waals surface area contributed by atoms with Gasteiger partial charge in [0.25, 0.3) is 0 Å². The third-order valence-electron chi connectivity index (χ3n) is 1.32. The maximum atomic E-state index is 12.2. The third-order valence-corrected chi connectivity index (χ3v) is 1.85. The lowest BCUT2D eigenvalue weighted by atomic mass is 10.2. The van der Waals surface area contributed by atoms with Gasteiger partial charge in [-0.05, 0) is 12.1 Å². The highest BCUT2D eigenvalue weighted by molar-refractivity contribution is 9.08. The van der Waals surface area contributed by atoms with Crippen molar-refractivity contribution in [2.45, 2.75) is 11.5 Å². The predicted molar refractivity (Wildman–Crippen MR) is 41.9 cm³/mol. The van der Waals surface area contributed by atoms with Crippen molar-refractivity contribution in [2.75, 3.05) is 0 Å². The molecule has 0 aliphatic heterocycles. The van der Waals surface area contributed by atoms with Crippen LogP contribution in [0.3, 0.4) is 0 Å². The van der Waals surface area contributed by atoms with E-state index in [1.165, 1.54) is 12.3 Å². The molecule has 66 valence electrons. The summed E-state index contributed by atoms with van der Waals surface area (Å²) in [5.74, 6) is 0. The Morgan fingerprint density at radius 1 is 1.42 bits per heavy atom. The zero-order valence-electron chi connectivity index (χ0n) is 5.90. The fourth-order valence-electron chi connectivity index (χ4n) is 0.803. The van der Waals surface area contributed by atoms with Crippen LogP contribution in [0.15, 0.2) is 18.3 Å². The van der Waals surface area contributed by atoms with Gasteiger partial charge in [-0.1, -0.05) is 15.9 Å². The molecule has 0 fully saturated rings. The van der Waals surface area contributed by atoms with Crippen LogP contribution in [-0.2, 0) is 11.5 Å². The Kier molecular flexibility index (Phi) is 2.72. The zero-order chi connectivity index (χ0) is 9.19. The van der Waals surface area contributed by atoms with Gasteiger partial charge >= 0.3 is 6.18 Å². The van der Waals surface area contributed by atoms with E-state index < -0.39 is 11.7 Å². The molecule has 1 heterocycles. The van der Waals surface area contributed by atoms with E-state index in [2.05, 4.69) is 20.9 Å². The fraction of sp³-hybridized carbons (Fsp3) is 0.286. The minimum Gasteiger partial charge on any atom is -0.260 e. The number of aromatic nitrogens is 1. The van der Waals surface area contributed by atoms with Gasteiger partial charge in [0.15, 0.2) is 0 Å². The summed E-state index contributed by atoms with van der Waals surface area (Å²) in [5, 5.41) is 0.114. The number of alkyl halides is 4. The lowest BCUT2D eigenvalue weighted by molar-refractivity contribution is -0.138. The molecule has 0 amide bonds. The second kappa shape index (κ2) is 3.43. The number of rotatable bonds is 1. The van der Waals surface area contributed by atoms with Crippen molar-refractivity contribution in [2.24, 2.45) is 0 Å². The van der Waals surface area contributed by atoms with Crippen LogP contribution < -0.4 is 0 Å². The standard InChI is InChI=1S/C7H5BrF3N/c8-4-6-5(7(9,10)11)2-1-3-12-6/h1-3H,4H2. The normalized spacial score (nSPS) is 11.7. The Hall–Kier alpha value is -0.580. The Bertz CT molecular complexity index is 272. The first-order chi connectivity index (χ1) is 5.55. The van der Waals surface area contributed by atoms with Gasteiger partial charge in [0.05, 0.1) is 11.3 Å². The zero-order valence-corrected chi connectivity index (χ0v) is 7.48. The SMILES string of the molecule is FC(F)(F)c1cccnc1CBr. The number of halogens is 4. The summed E-state index contributed by atoms with van der Waals surface area (Å²) in [6.07, 6.45) is -2.97. The second-order valence-corrected chi connectivity index (χ2v) is 2.69. The number of nitrogens with zero attached hydrogens (tertiary/aromatic N) is 1. The number of pyridine rings is 1. The minimum atomic E-state index is -4.31. The third kappa shape index (κ3) is 1.97. The molecule has 0 radical (unpaired) electrons. The van der Waals surface area contributed by atoms with E-state index in [0.717, 1.165) is 6.07 Å². The van der Waals surface area contributed by atoms with E-state index in [-0.39, 0.29) is 11.0 Å². The smallest absolute Gasteiger partial charge is 0.260 e. The molecule has 1 nitrogen and oxygen atoms in total. The van der Waals surface area contributed by atoms with Crippen LogP contribution in [0.25, 0.3) is 0 Å². The van der Waals surface area contributed by atoms with E-state index in [4.69, 9.17) is 0 Å². The molecule has 0 bridgehead atoms. The van der Waals surface area contributed by atoms with Gasteiger partial charge in [-0.25, -0.2) is 0 Å². The largest absolute Gasteiger partial charge is 0.418 e. The Morgan fingerprint density at radius 3 is 2.50 bits per heavy atom. The van der Waals surface area contributed by atoms with Crippen molar-refractivity contribution in [3.63, 3.8) is 0 Å². The lowest BCUT2D eigenvalue weighted by Gasteiger charge is -2.08. The topological polar surface area (TPSA) is 12.9 Å². The molecule has 0 spiro atoms. The first-order valence-electron chi connectivity index (χ1n) is 3.12. The van der Waals surface area contributed by atoms with Crippen LogP contribution in [0.1, 0.15) is 11.3 Å². The molecule has 0 saturated heterocycles. The lowest BCUT2D eigenvalue weighted by Crippen LogP contribution is -2.09. The predicted octanol–water partition coefficient (Wildman–Crippen LogP) is 3.00. The molecule has 0 unspecified atom stereocenters. The molecule has 1 aromatic rings. The maximum Gasteiger partial charge on any atom is 0.418 e. The maximum absolute atomic E-state index is 12.2. The summed E-state index contributed by atoms with van der Waals surface area (Å²) in [4.78, 5) is 3.60. The summed E-state index contributed by atoms with van der Waals surface area (Å²) in [6, 6.07) is 2.29. The van der Waals surface area contributed by atoms with Crippen LogP contribution in [0.4, 0.5) is 13.2 Å². The molecule has 0 aliphatic rings. The van der Waals surface area contributed by atoms with E-state index >= 15 is 0 Å². The first kappa shape index (κ1) is 9.51. The molecular formula is C7H5BrF3N. The van der Waals surface area contributed by atoms with Crippen LogP contribution in [-0.4, -0.2) is 4.98 Å². The van der Waals surface area contributed by atoms with Gasteiger partial charge in [0.1, 0.15) is 0 Å². The minimum absolute atomic E-state index is 0.0185. The van der Waals surface area contributed by atoms with E-state index in [1.807, 2.05) is 0 Å². The average Bonchev–Trinajstić information content (AvgIpc) is 2.03. The van der Waals surface area contributed by atoms with Crippen molar-refractivity contribution in [1.29, 1.82) is 0 Å². The summed E-state index contributed by atoms with van der Waals surface area (Å²) < 4.78 is 36.5. The molecule has 0 saturated carbocycles. The first-order valence-corrected chi connectivity index (χ1v) is 4.25. The number of hydrogen-bond donors (Lipinski definition) is 0. The highest BCUT2D eigenvalue weighted by Crippen LogP contribution is 2.31. The summed E-state index contributed by atoms with van der Waals surface area (Å²) >= 11 is 2.94. The second-order valence-electron chi connectivity index (χ2n) is 2.13. The average molecular weight is 240 g/mol. The van der Waals surface area contributed by atoms with Crippen molar-refractivity contribution in [1.82, 2.24) is 4.98 Å². The summed E-state index contributed by atoms with van der Waals surface area (Å²) in [7, 11) is 0. The van der Waals surface area contributed by atoms with Gasteiger partial charge in [-0.3, -0.25) is 4.98 Å². The van der Waals surface area contributed by atoms with Gasteiger partial charge in [-0.2, -0.15) is 13.2 Å². The molecule has 0 N–H and O–H groups in total. The summed E-state index contributed by atoms with van der Waals surface area (Å²) in [5.41, 5.74) is -0.660. The molecule has 0 aromatic carbocycles. The van der Waals surface area contributed by atoms with Crippen molar-refractivity contribution in [3.05, 3.63) is 29.6 Å². The van der Waals surface area contributed by atoms with Crippen LogP contribution in [0.2, 0.25) is 0 Å². The Labute approximate surface area is 75.7 Å². The van der Waals surface area contributed by atoms with Crippen molar-refractivity contribution < 1.29 is 13.2 Å². The molecular weight excluding hydrogens is 235 g/mol. The van der Waals surface area contributed by atoms with Gasteiger partial charge in [0, 0.05) is 11.5 Å². The van der Waals surface area contributed by atoms with Gasteiger partial charge < -0.3 is 0 Å². The Balaban J connectivity index is 3.14. The van der Waals surface area contributed by atoms with E-state index in [0.29, 0.717) is 0 Å². The summed E-state index contributed by atoms with van der Waals surface area (Å²) in [6.45, 7) is 0. The van der Waals surface area contributed by atoms with Gasteiger partial charge in [-0.15, -0.1) is 0 Å². The Morgan fingerprint density at radius 2 is 2.08 bits per heavy atom. The molecule has 0 aliphatic carbocycles. The molecule has 1 aromatic heterocycles. The van der Waals surface area contributed by atoms with E-state index in [1.54, 1.807) is 0 Å². The quantitative estimate of drug-likeness (QED) is 0.687. The van der Waals surface area contributed by atoms with Crippen LogP contribution in [0, 0.1) is 0 Å². The molecule has 1 rings (SSSR count). The fourth-order valence-corrected chi connectivity index (χ4v) is 1.25. The molecule has 5 heteroatoms. The van der Waals surface area contributed by atoms with E-state index in [9.17, 15) is 13.2 Å². The molecule has 12 heavy (non-hydrogen) atoms. The van der Waals surface area contributed by atoms with Crippen molar-refractivity contribution >= 4 is 15.9 Å². The highest BCUT2D eigenvalue weighted by Gasteiger charge is 2.33. The highest BCUT2D eigenvalue weighted by atomic mass is 79.9. The van der Waals surface area contributed by atoms with Crippen LogP contribution >= 0.6 is 15.9 Å². The monoisotopic (exact) mass is 239 g/mol. The van der Waals surface area contributed by atoms with Gasteiger partial charge in [0.2, 0.25) is 0 Å². The number of hydrogen-bond acceptors (Lipinski definition) is 1. The molecule has 0 atom stereocenters. The van der Waals surface area contributed by atoms with Crippen LogP contribution in [0.5, 0.6) is 0 Å². The van der Waals surface area contributed by atoms with Crippen molar-refractivity contribution in [3.8, 4) is 0 Å².